The Kier molecular flexibility index (Phi) is 4.40. The zero-order valence-corrected chi connectivity index (χ0v) is 14.1. The van der Waals surface area contributed by atoms with Crippen LogP contribution in [-0.2, 0) is 14.9 Å². The molecule has 2 aliphatic rings. The van der Waals surface area contributed by atoms with Gasteiger partial charge >= 0.3 is 0 Å². The summed E-state index contributed by atoms with van der Waals surface area (Å²) in [6.07, 6.45) is 3.20. The van der Waals surface area contributed by atoms with Crippen LogP contribution in [0.1, 0.15) is 18.4 Å². The highest BCUT2D eigenvalue weighted by Crippen LogP contribution is 2.38. The standard InChI is InChI=1S/C20H22N2O3/c23-19(22-14-17(15-22)25-18-8-4-5-11-21-18)20(9-12-24-13-10-20)16-6-2-1-3-7-16/h1-8,11,17H,9-10,12-15H2. The van der Waals surface area contributed by atoms with Crippen molar-refractivity contribution in [3.8, 4) is 5.88 Å². The fraction of sp³-hybridized carbons (Fsp3) is 0.400. The van der Waals surface area contributed by atoms with E-state index in [0.717, 1.165) is 18.4 Å². The lowest BCUT2D eigenvalue weighted by atomic mass is 9.72. The summed E-state index contributed by atoms with van der Waals surface area (Å²) in [5.41, 5.74) is 0.632. The van der Waals surface area contributed by atoms with Crippen molar-refractivity contribution < 1.29 is 14.3 Å². The summed E-state index contributed by atoms with van der Waals surface area (Å²) in [5.74, 6) is 0.811. The van der Waals surface area contributed by atoms with E-state index in [-0.39, 0.29) is 12.0 Å². The maximum Gasteiger partial charge on any atom is 0.233 e. The second kappa shape index (κ2) is 6.84. The molecule has 3 heterocycles. The third kappa shape index (κ3) is 3.12. The van der Waals surface area contributed by atoms with Crippen LogP contribution in [0.3, 0.4) is 0 Å². The van der Waals surface area contributed by atoms with Crippen molar-refractivity contribution in [2.75, 3.05) is 26.3 Å². The molecule has 1 amide bonds. The van der Waals surface area contributed by atoms with Gasteiger partial charge in [0.05, 0.1) is 18.5 Å². The Labute approximate surface area is 147 Å². The number of benzene rings is 1. The number of nitrogens with zero attached hydrogens (tertiary/aromatic N) is 2. The SMILES string of the molecule is O=C(N1CC(Oc2ccccn2)C1)C1(c2ccccc2)CCOCC1. The fourth-order valence-corrected chi connectivity index (χ4v) is 3.67. The first-order chi connectivity index (χ1) is 12.3. The van der Waals surface area contributed by atoms with E-state index in [0.29, 0.717) is 32.2 Å². The van der Waals surface area contributed by atoms with Crippen molar-refractivity contribution in [2.24, 2.45) is 0 Å². The molecule has 0 unspecified atom stereocenters. The number of aromatic nitrogens is 1. The van der Waals surface area contributed by atoms with E-state index in [1.54, 1.807) is 6.20 Å². The van der Waals surface area contributed by atoms with Gasteiger partial charge in [-0.3, -0.25) is 4.79 Å². The smallest absolute Gasteiger partial charge is 0.233 e. The Morgan fingerprint density at radius 3 is 2.48 bits per heavy atom. The van der Waals surface area contributed by atoms with Crippen LogP contribution >= 0.6 is 0 Å². The lowest BCUT2D eigenvalue weighted by Crippen LogP contribution is -2.61. The number of amides is 1. The summed E-state index contributed by atoms with van der Waals surface area (Å²) in [5, 5.41) is 0. The number of carbonyl (C=O) groups is 1. The van der Waals surface area contributed by atoms with E-state index < -0.39 is 5.41 Å². The number of hydrogen-bond donors (Lipinski definition) is 0. The molecule has 1 aromatic heterocycles. The average Bonchev–Trinajstić information content (AvgIpc) is 2.66. The largest absolute Gasteiger partial charge is 0.471 e. The Bertz CT molecular complexity index is 708. The number of hydrogen-bond acceptors (Lipinski definition) is 4. The van der Waals surface area contributed by atoms with Crippen LogP contribution < -0.4 is 4.74 Å². The first kappa shape index (κ1) is 16.1. The molecule has 4 rings (SSSR count). The van der Waals surface area contributed by atoms with Gasteiger partial charge in [-0.25, -0.2) is 4.98 Å². The molecular weight excluding hydrogens is 316 g/mol. The Hall–Kier alpha value is -2.40. The summed E-state index contributed by atoms with van der Waals surface area (Å²) in [6, 6.07) is 15.7. The van der Waals surface area contributed by atoms with Crippen molar-refractivity contribution in [1.29, 1.82) is 0 Å². The molecule has 130 valence electrons. The van der Waals surface area contributed by atoms with Crippen molar-refractivity contribution in [2.45, 2.75) is 24.4 Å². The molecule has 5 heteroatoms. The van der Waals surface area contributed by atoms with E-state index in [2.05, 4.69) is 17.1 Å². The highest BCUT2D eigenvalue weighted by atomic mass is 16.5. The van der Waals surface area contributed by atoms with Gasteiger partial charge in [0.2, 0.25) is 11.8 Å². The molecule has 0 bridgehead atoms. The van der Waals surface area contributed by atoms with Crippen LogP contribution in [0, 0.1) is 0 Å². The summed E-state index contributed by atoms with van der Waals surface area (Å²) in [7, 11) is 0. The molecule has 25 heavy (non-hydrogen) atoms. The number of likely N-dealkylation sites (tertiary alicyclic amines) is 1. The first-order valence-electron chi connectivity index (χ1n) is 8.78. The van der Waals surface area contributed by atoms with Gasteiger partial charge in [-0.05, 0) is 24.5 Å². The number of rotatable bonds is 4. The molecule has 2 aliphatic heterocycles. The molecule has 2 fully saturated rings. The molecule has 2 saturated heterocycles. The van der Waals surface area contributed by atoms with Gasteiger partial charge in [0.15, 0.2) is 0 Å². The van der Waals surface area contributed by atoms with Crippen molar-refractivity contribution >= 4 is 5.91 Å². The minimum atomic E-state index is -0.463. The van der Waals surface area contributed by atoms with Gasteiger partial charge in [0.25, 0.3) is 0 Å². The zero-order chi connectivity index (χ0) is 17.1. The Morgan fingerprint density at radius 1 is 1.08 bits per heavy atom. The molecule has 0 N–H and O–H groups in total. The van der Waals surface area contributed by atoms with Gasteiger partial charge in [-0.2, -0.15) is 0 Å². The molecule has 0 aliphatic carbocycles. The van der Waals surface area contributed by atoms with E-state index in [4.69, 9.17) is 9.47 Å². The maximum absolute atomic E-state index is 13.3. The maximum atomic E-state index is 13.3. The summed E-state index contributed by atoms with van der Waals surface area (Å²) in [6.45, 7) is 2.49. The normalized spacial score (nSPS) is 19.9. The number of carbonyl (C=O) groups excluding carboxylic acids is 1. The number of pyridine rings is 1. The molecular formula is C20H22N2O3. The molecule has 5 nitrogen and oxygen atoms in total. The Balaban J connectivity index is 1.46. The van der Waals surface area contributed by atoms with Crippen molar-refractivity contribution in [3.05, 3.63) is 60.3 Å². The van der Waals surface area contributed by atoms with Gasteiger partial charge < -0.3 is 14.4 Å². The van der Waals surface area contributed by atoms with Crippen LogP contribution in [0.2, 0.25) is 0 Å². The molecule has 0 saturated carbocycles. The second-order valence-electron chi connectivity index (χ2n) is 6.68. The van der Waals surface area contributed by atoms with E-state index in [1.807, 2.05) is 41.3 Å². The third-order valence-corrected chi connectivity index (χ3v) is 5.14. The number of ether oxygens (including phenoxy) is 2. The minimum Gasteiger partial charge on any atom is -0.471 e. The molecule has 0 radical (unpaired) electrons. The second-order valence-corrected chi connectivity index (χ2v) is 6.68. The van der Waals surface area contributed by atoms with Gasteiger partial charge in [0.1, 0.15) is 6.10 Å². The lowest BCUT2D eigenvalue weighted by molar-refractivity contribution is -0.150. The quantitative estimate of drug-likeness (QED) is 0.859. The van der Waals surface area contributed by atoms with Crippen LogP contribution in [-0.4, -0.2) is 48.2 Å². The summed E-state index contributed by atoms with van der Waals surface area (Å²) in [4.78, 5) is 19.4. The predicted octanol–water partition coefficient (Wildman–Crippen LogP) is 2.42. The van der Waals surface area contributed by atoms with Crippen LogP contribution in [0.4, 0.5) is 0 Å². The Morgan fingerprint density at radius 2 is 1.80 bits per heavy atom. The first-order valence-corrected chi connectivity index (χ1v) is 8.78. The lowest BCUT2D eigenvalue weighted by Gasteiger charge is -2.46. The van der Waals surface area contributed by atoms with E-state index >= 15 is 0 Å². The summed E-state index contributed by atoms with van der Waals surface area (Å²) >= 11 is 0. The van der Waals surface area contributed by atoms with Crippen LogP contribution in [0.25, 0.3) is 0 Å². The molecule has 0 spiro atoms. The molecule has 2 aromatic rings. The van der Waals surface area contributed by atoms with Gasteiger partial charge in [-0.1, -0.05) is 36.4 Å². The summed E-state index contributed by atoms with van der Waals surface area (Å²) < 4.78 is 11.4. The third-order valence-electron chi connectivity index (χ3n) is 5.14. The van der Waals surface area contributed by atoms with E-state index in [1.165, 1.54) is 0 Å². The minimum absolute atomic E-state index is 0.0199. The monoisotopic (exact) mass is 338 g/mol. The topological polar surface area (TPSA) is 51.7 Å². The highest BCUT2D eigenvalue weighted by Gasteiger charge is 2.47. The predicted molar refractivity (Wildman–Crippen MR) is 93.4 cm³/mol. The van der Waals surface area contributed by atoms with Gasteiger partial charge in [0, 0.05) is 25.5 Å². The van der Waals surface area contributed by atoms with Crippen molar-refractivity contribution in [1.82, 2.24) is 9.88 Å². The fourth-order valence-electron chi connectivity index (χ4n) is 3.67. The average molecular weight is 338 g/mol. The van der Waals surface area contributed by atoms with E-state index in [9.17, 15) is 4.79 Å². The van der Waals surface area contributed by atoms with Crippen LogP contribution in [0.5, 0.6) is 5.88 Å². The molecule has 0 atom stereocenters. The highest BCUT2D eigenvalue weighted by molar-refractivity contribution is 5.89. The van der Waals surface area contributed by atoms with Gasteiger partial charge in [-0.15, -0.1) is 0 Å². The van der Waals surface area contributed by atoms with Crippen molar-refractivity contribution in [3.63, 3.8) is 0 Å². The zero-order valence-electron chi connectivity index (χ0n) is 14.1. The molecule has 1 aromatic carbocycles. The van der Waals surface area contributed by atoms with Crippen LogP contribution in [0.15, 0.2) is 54.7 Å².